The van der Waals surface area contributed by atoms with Gasteiger partial charge in [-0.2, -0.15) is 0 Å². The van der Waals surface area contributed by atoms with Crippen molar-refractivity contribution in [3.8, 4) is 0 Å². The second-order valence-electron chi connectivity index (χ2n) is 5.87. The molecule has 1 amide bonds. The number of hydrogen-bond donors (Lipinski definition) is 1. The number of carbonyl (C=O) groups excluding carboxylic acids is 2. The molecule has 0 saturated heterocycles. The van der Waals surface area contributed by atoms with E-state index in [4.69, 9.17) is 0 Å². The number of nitrogens with one attached hydrogen (secondary N) is 1. The lowest BCUT2D eigenvalue weighted by Crippen LogP contribution is -2.37. The molecule has 0 spiro atoms. The molecule has 2 aromatic carbocycles. The van der Waals surface area contributed by atoms with Gasteiger partial charge in [0.25, 0.3) is 0 Å². The number of nitrogens with zero attached hydrogens (tertiary/aromatic N) is 1. The molecule has 0 fully saturated rings. The molecule has 0 unspecified atom stereocenters. The van der Waals surface area contributed by atoms with E-state index in [9.17, 15) is 18.0 Å². The van der Waals surface area contributed by atoms with Crippen LogP contribution in [-0.4, -0.2) is 40.2 Å². The smallest absolute Gasteiger partial charge is 0.339 e. The number of amides is 1. The Morgan fingerprint density at radius 3 is 2.26 bits per heavy atom. The van der Waals surface area contributed by atoms with Crippen LogP contribution in [0.1, 0.15) is 22.8 Å². The van der Waals surface area contributed by atoms with Crippen molar-refractivity contribution in [3.05, 3.63) is 59.7 Å². The zero-order valence-corrected chi connectivity index (χ0v) is 16.2. The van der Waals surface area contributed by atoms with Crippen molar-refractivity contribution in [1.82, 2.24) is 0 Å². The number of aryl methyl sites for hydroxylation is 1. The van der Waals surface area contributed by atoms with Crippen LogP contribution in [0.4, 0.5) is 11.4 Å². The minimum atomic E-state index is -3.68. The first-order valence-corrected chi connectivity index (χ1v) is 10.1. The number of esters is 1. The van der Waals surface area contributed by atoms with Crippen LogP contribution < -0.4 is 9.62 Å². The fraction of sp³-hybridized carbons (Fsp3) is 0.263. The van der Waals surface area contributed by atoms with Crippen molar-refractivity contribution in [3.63, 3.8) is 0 Å². The molecule has 27 heavy (non-hydrogen) atoms. The minimum Gasteiger partial charge on any atom is -0.465 e. The molecule has 0 saturated carbocycles. The molecule has 7 nitrogen and oxygen atoms in total. The average molecular weight is 390 g/mol. The van der Waals surface area contributed by atoms with Crippen molar-refractivity contribution in [2.75, 3.05) is 29.5 Å². The van der Waals surface area contributed by atoms with Crippen LogP contribution in [0.3, 0.4) is 0 Å². The molecular weight excluding hydrogens is 368 g/mol. The van der Waals surface area contributed by atoms with Crippen LogP contribution in [0.2, 0.25) is 0 Å². The Morgan fingerprint density at radius 1 is 1.07 bits per heavy atom. The first-order valence-electron chi connectivity index (χ1n) is 8.30. The van der Waals surface area contributed by atoms with Gasteiger partial charge in [-0.05, 0) is 36.2 Å². The van der Waals surface area contributed by atoms with Crippen molar-refractivity contribution in [1.29, 1.82) is 0 Å². The van der Waals surface area contributed by atoms with Gasteiger partial charge in [0, 0.05) is 0 Å². The predicted octanol–water partition coefficient (Wildman–Crippen LogP) is 2.44. The second-order valence-corrected chi connectivity index (χ2v) is 7.78. The molecule has 0 radical (unpaired) electrons. The summed E-state index contributed by atoms with van der Waals surface area (Å²) in [7, 11) is -2.43. The summed E-state index contributed by atoms with van der Waals surface area (Å²) in [6.07, 6.45) is 1.86. The number of carbonyl (C=O) groups is 2. The van der Waals surface area contributed by atoms with Gasteiger partial charge in [0.05, 0.1) is 30.3 Å². The number of hydrogen-bond acceptors (Lipinski definition) is 5. The lowest BCUT2D eigenvalue weighted by Gasteiger charge is -2.22. The summed E-state index contributed by atoms with van der Waals surface area (Å²) in [6.45, 7) is 1.58. The van der Waals surface area contributed by atoms with Gasteiger partial charge < -0.3 is 10.1 Å². The fourth-order valence-electron chi connectivity index (χ4n) is 2.50. The van der Waals surface area contributed by atoms with Crippen LogP contribution in [0, 0.1) is 0 Å². The van der Waals surface area contributed by atoms with Crippen LogP contribution in [0.15, 0.2) is 48.5 Å². The summed E-state index contributed by atoms with van der Waals surface area (Å²) in [5, 5.41) is 2.57. The van der Waals surface area contributed by atoms with E-state index in [0.717, 1.165) is 22.5 Å². The molecule has 0 bridgehead atoms. The van der Waals surface area contributed by atoms with Crippen molar-refractivity contribution >= 4 is 33.3 Å². The molecule has 0 heterocycles. The Hall–Kier alpha value is -2.87. The first kappa shape index (κ1) is 20.4. The van der Waals surface area contributed by atoms with Gasteiger partial charge in [-0.25, -0.2) is 13.2 Å². The zero-order valence-electron chi connectivity index (χ0n) is 15.4. The average Bonchev–Trinajstić information content (AvgIpc) is 2.65. The molecule has 1 N–H and O–H groups in total. The van der Waals surface area contributed by atoms with E-state index in [2.05, 4.69) is 10.1 Å². The van der Waals surface area contributed by atoms with E-state index < -0.39 is 28.4 Å². The normalized spacial score (nSPS) is 10.9. The number of sulfonamides is 1. The second kappa shape index (κ2) is 8.68. The van der Waals surface area contributed by atoms with Gasteiger partial charge in [-0.1, -0.05) is 31.2 Å². The zero-order chi connectivity index (χ0) is 20.0. The number of anilines is 2. The van der Waals surface area contributed by atoms with E-state index in [-0.39, 0.29) is 11.3 Å². The summed E-state index contributed by atoms with van der Waals surface area (Å²) in [6, 6.07) is 13.3. The predicted molar refractivity (Wildman–Crippen MR) is 104 cm³/mol. The molecule has 0 aromatic heterocycles. The highest BCUT2D eigenvalue weighted by Gasteiger charge is 2.22. The molecule has 0 atom stereocenters. The largest absolute Gasteiger partial charge is 0.465 e. The highest BCUT2D eigenvalue weighted by Crippen LogP contribution is 2.20. The minimum absolute atomic E-state index is 0.187. The third kappa shape index (κ3) is 5.30. The van der Waals surface area contributed by atoms with Crippen LogP contribution in [0.5, 0.6) is 0 Å². The van der Waals surface area contributed by atoms with E-state index in [1.165, 1.54) is 13.2 Å². The third-order valence-corrected chi connectivity index (χ3v) is 5.07. The number of ether oxygens (including phenoxy) is 1. The lowest BCUT2D eigenvalue weighted by molar-refractivity contribution is -0.114. The Kier molecular flexibility index (Phi) is 6.57. The summed E-state index contributed by atoms with van der Waals surface area (Å²) >= 11 is 0. The Bertz CT molecular complexity index is 923. The SMILES string of the molecule is CCc1ccc(N(CC(=O)Nc2ccccc2C(=O)OC)S(C)(=O)=O)cc1. The third-order valence-electron chi connectivity index (χ3n) is 3.93. The maximum Gasteiger partial charge on any atom is 0.339 e. The van der Waals surface area contributed by atoms with Crippen LogP contribution in [0.25, 0.3) is 0 Å². The lowest BCUT2D eigenvalue weighted by atomic mass is 10.1. The molecule has 0 aliphatic heterocycles. The molecule has 0 aliphatic carbocycles. The molecule has 2 rings (SSSR count). The maximum absolute atomic E-state index is 12.5. The van der Waals surface area contributed by atoms with Crippen LogP contribution in [-0.2, 0) is 26.0 Å². The highest BCUT2D eigenvalue weighted by molar-refractivity contribution is 7.92. The number of rotatable bonds is 7. The van der Waals surface area contributed by atoms with E-state index >= 15 is 0 Å². The molecule has 8 heteroatoms. The van der Waals surface area contributed by atoms with Gasteiger partial charge >= 0.3 is 5.97 Å². The molecule has 0 aliphatic rings. The Morgan fingerprint density at radius 2 is 1.70 bits per heavy atom. The maximum atomic E-state index is 12.5. The van der Waals surface area contributed by atoms with Gasteiger partial charge in [0.1, 0.15) is 6.54 Å². The quantitative estimate of drug-likeness (QED) is 0.733. The number of para-hydroxylation sites is 1. The summed E-state index contributed by atoms with van der Waals surface area (Å²) in [4.78, 5) is 24.3. The van der Waals surface area contributed by atoms with Crippen molar-refractivity contribution in [2.24, 2.45) is 0 Å². The van der Waals surface area contributed by atoms with Crippen molar-refractivity contribution in [2.45, 2.75) is 13.3 Å². The Labute approximate surface area is 159 Å². The van der Waals surface area contributed by atoms with Crippen molar-refractivity contribution < 1.29 is 22.7 Å². The van der Waals surface area contributed by atoms with E-state index in [0.29, 0.717) is 5.69 Å². The summed E-state index contributed by atoms with van der Waals surface area (Å²) in [5.41, 5.74) is 1.89. The molecule has 144 valence electrons. The molecule has 2 aromatic rings. The number of benzene rings is 2. The molecular formula is C19H22N2O5S. The van der Waals surface area contributed by atoms with E-state index in [1.807, 2.05) is 19.1 Å². The van der Waals surface area contributed by atoms with Crippen LogP contribution >= 0.6 is 0 Å². The van der Waals surface area contributed by atoms with Gasteiger partial charge in [-0.3, -0.25) is 9.10 Å². The van der Waals surface area contributed by atoms with Gasteiger partial charge in [0.15, 0.2) is 0 Å². The fourth-order valence-corrected chi connectivity index (χ4v) is 3.35. The topological polar surface area (TPSA) is 92.8 Å². The summed E-state index contributed by atoms with van der Waals surface area (Å²) < 4.78 is 30.0. The highest BCUT2D eigenvalue weighted by atomic mass is 32.2. The summed E-state index contributed by atoms with van der Waals surface area (Å²) in [5.74, 6) is -1.17. The number of methoxy groups -OCH3 is 1. The van der Waals surface area contributed by atoms with Gasteiger partial charge in [0.2, 0.25) is 15.9 Å². The standard InChI is InChI=1S/C19H22N2O5S/c1-4-14-9-11-15(12-10-14)21(27(3,24)25)13-18(22)20-17-8-6-5-7-16(17)19(23)26-2/h5-12H,4,13H2,1-3H3,(H,20,22). The Balaban J connectivity index is 2.24. The monoisotopic (exact) mass is 390 g/mol. The first-order chi connectivity index (χ1) is 12.8. The van der Waals surface area contributed by atoms with E-state index in [1.54, 1.807) is 30.3 Å². The van der Waals surface area contributed by atoms with Gasteiger partial charge in [-0.15, -0.1) is 0 Å².